The summed E-state index contributed by atoms with van der Waals surface area (Å²) in [5.41, 5.74) is 1.53. The van der Waals surface area contributed by atoms with Crippen LogP contribution in [0.5, 0.6) is 11.5 Å². The van der Waals surface area contributed by atoms with E-state index in [1.54, 1.807) is 37.4 Å². The molecule has 0 N–H and O–H groups in total. The molecule has 4 nitrogen and oxygen atoms in total. The molecule has 2 aromatic carbocycles. The third-order valence-electron chi connectivity index (χ3n) is 4.48. The minimum Gasteiger partial charge on any atom is -0.493 e. The second-order valence-corrected chi connectivity index (χ2v) is 6.01. The van der Waals surface area contributed by atoms with Gasteiger partial charge in [-0.2, -0.15) is 0 Å². The van der Waals surface area contributed by atoms with E-state index in [0.717, 1.165) is 18.4 Å². The Kier molecular flexibility index (Phi) is 5.22. The molecular weight excluding hydrogens is 321 g/mol. The first-order valence-electron chi connectivity index (χ1n) is 8.51. The quantitative estimate of drug-likeness (QED) is 0.816. The molecule has 1 fully saturated rings. The lowest BCUT2D eigenvalue weighted by Crippen LogP contribution is -2.30. The highest BCUT2D eigenvalue weighted by molar-refractivity contribution is 5.95. The van der Waals surface area contributed by atoms with Crippen molar-refractivity contribution in [1.82, 2.24) is 4.90 Å². The summed E-state index contributed by atoms with van der Waals surface area (Å²) in [5, 5.41) is 0. The molecule has 0 aromatic heterocycles. The molecule has 25 heavy (non-hydrogen) atoms. The van der Waals surface area contributed by atoms with Gasteiger partial charge in [-0.3, -0.25) is 4.79 Å². The predicted molar refractivity (Wildman–Crippen MR) is 93.6 cm³/mol. The molecular formula is C20H22FNO3. The van der Waals surface area contributed by atoms with E-state index in [2.05, 4.69) is 0 Å². The SMILES string of the molecule is CCOc1ccc(C(=O)N2CCCC2c2ccc(F)cc2)cc1OC. The molecule has 132 valence electrons. The fourth-order valence-corrected chi connectivity index (χ4v) is 3.28. The van der Waals surface area contributed by atoms with Crippen LogP contribution in [0.25, 0.3) is 0 Å². The van der Waals surface area contributed by atoms with E-state index in [0.29, 0.717) is 30.2 Å². The molecule has 0 aliphatic carbocycles. The standard InChI is InChI=1S/C20H22FNO3/c1-3-25-18-11-8-15(13-19(18)24-2)20(23)22-12-4-5-17(22)14-6-9-16(21)10-7-14/h6-11,13,17H,3-5,12H2,1-2H3. The zero-order valence-corrected chi connectivity index (χ0v) is 14.5. The second-order valence-electron chi connectivity index (χ2n) is 6.01. The van der Waals surface area contributed by atoms with Gasteiger partial charge in [0.2, 0.25) is 0 Å². The van der Waals surface area contributed by atoms with Crippen LogP contribution in [-0.2, 0) is 0 Å². The first kappa shape index (κ1) is 17.3. The molecule has 1 atom stereocenters. The zero-order valence-electron chi connectivity index (χ0n) is 14.5. The zero-order chi connectivity index (χ0) is 17.8. The van der Waals surface area contributed by atoms with Gasteiger partial charge in [-0.1, -0.05) is 12.1 Å². The molecule has 1 saturated heterocycles. The van der Waals surface area contributed by atoms with Crippen LogP contribution in [0.3, 0.4) is 0 Å². The van der Waals surface area contributed by atoms with Crippen LogP contribution in [0, 0.1) is 5.82 Å². The van der Waals surface area contributed by atoms with Crippen molar-refractivity contribution < 1.29 is 18.7 Å². The van der Waals surface area contributed by atoms with Crippen LogP contribution in [0.1, 0.15) is 41.7 Å². The van der Waals surface area contributed by atoms with Crippen LogP contribution in [0.15, 0.2) is 42.5 Å². The van der Waals surface area contributed by atoms with E-state index in [1.807, 2.05) is 11.8 Å². The van der Waals surface area contributed by atoms with Crippen molar-refractivity contribution in [2.45, 2.75) is 25.8 Å². The molecule has 0 bridgehead atoms. The Labute approximate surface area is 147 Å². The number of methoxy groups -OCH3 is 1. The summed E-state index contributed by atoms with van der Waals surface area (Å²) in [7, 11) is 1.56. The van der Waals surface area contributed by atoms with Gasteiger partial charge in [0, 0.05) is 12.1 Å². The average Bonchev–Trinajstić information content (AvgIpc) is 3.12. The highest BCUT2D eigenvalue weighted by Crippen LogP contribution is 2.35. The van der Waals surface area contributed by atoms with Gasteiger partial charge in [0.25, 0.3) is 5.91 Å². The van der Waals surface area contributed by atoms with Gasteiger partial charge in [-0.25, -0.2) is 4.39 Å². The van der Waals surface area contributed by atoms with Crippen molar-refractivity contribution in [3.63, 3.8) is 0 Å². The van der Waals surface area contributed by atoms with Crippen LogP contribution in [0.2, 0.25) is 0 Å². The van der Waals surface area contributed by atoms with Crippen LogP contribution in [-0.4, -0.2) is 31.1 Å². The minimum absolute atomic E-state index is 0.0225. The number of benzene rings is 2. The van der Waals surface area contributed by atoms with E-state index in [-0.39, 0.29) is 17.8 Å². The first-order chi connectivity index (χ1) is 12.1. The highest BCUT2D eigenvalue weighted by Gasteiger charge is 2.31. The lowest BCUT2D eigenvalue weighted by atomic mass is 10.0. The van der Waals surface area contributed by atoms with Gasteiger partial charge in [0.15, 0.2) is 11.5 Å². The van der Waals surface area contributed by atoms with Crippen LogP contribution >= 0.6 is 0 Å². The maximum Gasteiger partial charge on any atom is 0.254 e. The van der Waals surface area contributed by atoms with Gasteiger partial charge < -0.3 is 14.4 Å². The van der Waals surface area contributed by atoms with Gasteiger partial charge >= 0.3 is 0 Å². The van der Waals surface area contributed by atoms with Gasteiger partial charge in [-0.05, 0) is 55.7 Å². The molecule has 1 aliphatic heterocycles. The number of likely N-dealkylation sites (tertiary alicyclic amines) is 1. The van der Waals surface area contributed by atoms with Gasteiger partial charge in [0.05, 0.1) is 19.8 Å². The van der Waals surface area contributed by atoms with E-state index >= 15 is 0 Å². The maximum absolute atomic E-state index is 13.2. The molecule has 0 spiro atoms. The number of halogens is 1. The second kappa shape index (κ2) is 7.55. The van der Waals surface area contributed by atoms with Crippen molar-refractivity contribution >= 4 is 5.91 Å². The summed E-state index contributed by atoms with van der Waals surface area (Å²) >= 11 is 0. The molecule has 5 heteroatoms. The average molecular weight is 343 g/mol. The predicted octanol–water partition coefficient (Wildman–Crippen LogP) is 4.21. The van der Waals surface area contributed by atoms with Gasteiger partial charge in [-0.15, -0.1) is 0 Å². The lowest BCUT2D eigenvalue weighted by molar-refractivity contribution is 0.0735. The largest absolute Gasteiger partial charge is 0.493 e. The minimum atomic E-state index is -0.268. The summed E-state index contributed by atoms with van der Waals surface area (Å²) in [6.45, 7) is 3.12. The third-order valence-corrected chi connectivity index (χ3v) is 4.48. The van der Waals surface area contributed by atoms with E-state index < -0.39 is 0 Å². The summed E-state index contributed by atoms with van der Waals surface area (Å²) in [5.74, 6) is 0.854. The molecule has 1 heterocycles. The molecule has 1 unspecified atom stereocenters. The fourth-order valence-electron chi connectivity index (χ4n) is 3.28. The van der Waals surface area contributed by atoms with E-state index in [4.69, 9.17) is 9.47 Å². The summed E-state index contributed by atoms with van der Waals surface area (Å²) in [6.07, 6.45) is 1.81. The molecule has 3 rings (SSSR count). The smallest absolute Gasteiger partial charge is 0.254 e. The van der Waals surface area contributed by atoms with Crippen molar-refractivity contribution in [3.05, 3.63) is 59.4 Å². The number of nitrogens with zero attached hydrogens (tertiary/aromatic N) is 1. The maximum atomic E-state index is 13.2. The summed E-state index contributed by atoms with van der Waals surface area (Å²) in [4.78, 5) is 14.8. The number of rotatable bonds is 5. The van der Waals surface area contributed by atoms with Crippen LogP contribution in [0.4, 0.5) is 4.39 Å². The number of ether oxygens (including phenoxy) is 2. The Morgan fingerprint density at radius 3 is 2.64 bits per heavy atom. The lowest BCUT2D eigenvalue weighted by Gasteiger charge is -2.25. The van der Waals surface area contributed by atoms with E-state index in [9.17, 15) is 9.18 Å². The molecule has 0 saturated carbocycles. The normalized spacial score (nSPS) is 16.8. The third kappa shape index (κ3) is 3.60. The highest BCUT2D eigenvalue weighted by atomic mass is 19.1. The number of amides is 1. The van der Waals surface area contributed by atoms with Crippen LogP contribution < -0.4 is 9.47 Å². The number of hydrogen-bond donors (Lipinski definition) is 0. The number of carbonyl (C=O) groups is 1. The van der Waals surface area contributed by atoms with Crippen molar-refractivity contribution in [2.24, 2.45) is 0 Å². The van der Waals surface area contributed by atoms with Crippen molar-refractivity contribution in [3.8, 4) is 11.5 Å². The van der Waals surface area contributed by atoms with Crippen molar-refractivity contribution in [1.29, 1.82) is 0 Å². The fraction of sp³-hybridized carbons (Fsp3) is 0.350. The molecule has 1 aliphatic rings. The summed E-state index contributed by atoms with van der Waals surface area (Å²) in [6, 6.07) is 11.6. The summed E-state index contributed by atoms with van der Waals surface area (Å²) < 4.78 is 24.0. The van der Waals surface area contributed by atoms with Gasteiger partial charge in [0.1, 0.15) is 5.82 Å². The number of hydrogen-bond acceptors (Lipinski definition) is 3. The molecule has 1 amide bonds. The monoisotopic (exact) mass is 343 g/mol. The Bertz CT molecular complexity index is 745. The first-order valence-corrected chi connectivity index (χ1v) is 8.51. The Morgan fingerprint density at radius 1 is 1.20 bits per heavy atom. The van der Waals surface area contributed by atoms with Crippen molar-refractivity contribution in [2.75, 3.05) is 20.3 Å². The Morgan fingerprint density at radius 2 is 1.96 bits per heavy atom. The van der Waals surface area contributed by atoms with E-state index in [1.165, 1.54) is 12.1 Å². The number of carbonyl (C=O) groups excluding carboxylic acids is 1. The molecule has 0 radical (unpaired) electrons. The Hall–Kier alpha value is -2.56. The topological polar surface area (TPSA) is 38.8 Å². The Balaban J connectivity index is 1.85. The molecule has 2 aromatic rings.